The van der Waals surface area contributed by atoms with Gasteiger partial charge in [-0.1, -0.05) is 0 Å². The topological polar surface area (TPSA) is 110 Å². The molecule has 9 nitrogen and oxygen atoms in total. The Morgan fingerprint density at radius 1 is 1.36 bits per heavy atom. The third-order valence-electron chi connectivity index (χ3n) is 3.78. The van der Waals surface area contributed by atoms with Gasteiger partial charge in [-0.3, -0.25) is 14.9 Å². The summed E-state index contributed by atoms with van der Waals surface area (Å²) in [6.45, 7) is 2.80. The fourth-order valence-electron chi connectivity index (χ4n) is 2.44. The fraction of sp³-hybridized carbons (Fsp3) is 0.294. The van der Waals surface area contributed by atoms with E-state index < -0.39 is 4.92 Å². The molecule has 1 N–H and O–H groups in total. The lowest BCUT2D eigenvalue weighted by atomic mass is 10.3. The van der Waals surface area contributed by atoms with Gasteiger partial charge in [0, 0.05) is 36.2 Å². The summed E-state index contributed by atoms with van der Waals surface area (Å²) in [7, 11) is 0. The van der Waals surface area contributed by atoms with Crippen molar-refractivity contribution in [3.8, 4) is 0 Å². The first kappa shape index (κ1) is 20.4. The zero-order chi connectivity index (χ0) is 19.9. The lowest BCUT2D eigenvalue weighted by molar-refractivity contribution is -0.384. The van der Waals surface area contributed by atoms with Crippen LogP contribution >= 0.6 is 27.7 Å². The fourth-order valence-corrected chi connectivity index (χ4v) is 3.68. The number of ether oxygens (including phenoxy) is 1. The number of nitro groups is 1. The number of nitrogens with one attached hydrogen (secondary N) is 1. The summed E-state index contributed by atoms with van der Waals surface area (Å²) in [5.74, 6) is 1.07. The van der Waals surface area contributed by atoms with Gasteiger partial charge in [0.2, 0.25) is 11.8 Å². The van der Waals surface area contributed by atoms with Gasteiger partial charge in [-0.2, -0.15) is 5.10 Å². The maximum atomic E-state index is 11.9. The van der Waals surface area contributed by atoms with Crippen LogP contribution in [-0.4, -0.2) is 49.1 Å². The first-order chi connectivity index (χ1) is 13.5. The van der Waals surface area contributed by atoms with Crippen LogP contribution < -0.4 is 10.3 Å². The molecule has 1 aliphatic heterocycles. The van der Waals surface area contributed by atoms with E-state index in [9.17, 15) is 14.9 Å². The van der Waals surface area contributed by atoms with Crippen LogP contribution in [0.25, 0.3) is 0 Å². The number of anilines is 1. The number of halogens is 1. The predicted molar refractivity (Wildman–Crippen MR) is 109 cm³/mol. The molecular weight excluding hydrogens is 452 g/mol. The zero-order valence-corrected chi connectivity index (χ0v) is 17.1. The Hall–Kier alpha value is -2.37. The Kier molecular flexibility index (Phi) is 7.06. The Balaban J connectivity index is 1.47. The normalized spacial score (nSPS) is 14.4. The van der Waals surface area contributed by atoms with Crippen LogP contribution in [0, 0.1) is 10.1 Å². The molecule has 11 heteroatoms. The maximum Gasteiger partial charge on any atom is 0.269 e. The van der Waals surface area contributed by atoms with Gasteiger partial charge in [0.05, 0.1) is 34.6 Å². The van der Waals surface area contributed by atoms with Crippen LogP contribution in [0.3, 0.4) is 0 Å². The molecule has 0 saturated carbocycles. The Morgan fingerprint density at radius 2 is 2.07 bits per heavy atom. The van der Waals surface area contributed by atoms with E-state index in [1.807, 2.05) is 0 Å². The highest BCUT2D eigenvalue weighted by atomic mass is 79.9. The minimum Gasteiger partial charge on any atom is -0.438 e. The number of morpholine rings is 1. The molecule has 28 heavy (non-hydrogen) atoms. The first-order valence-electron chi connectivity index (χ1n) is 8.34. The van der Waals surface area contributed by atoms with Crippen LogP contribution in [0.2, 0.25) is 0 Å². The second kappa shape index (κ2) is 9.71. The highest BCUT2D eigenvalue weighted by Gasteiger charge is 2.18. The van der Waals surface area contributed by atoms with E-state index in [0.717, 1.165) is 22.5 Å². The summed E-state index contributed by atoms with van der Waals surface area (Å²) >= 11 is 4.73. The number of non-ortho nitro benzene ring substituents is 1. The molecule has 0 spiro atoms. The van der Waals surface area contributed by atoms with Gasteiger partial charge in [-0.25, -0.2) is 5.43 Å². The van der Waals surface area contributed by atoms with Crippen molar-refractivity contribution in [2.45, 2.75) is 4.90 Å². The van der Waals surface area contributed by atoms with Gasteiger partial charge in [0.15, 0.2) is 5.76 Å². The van der Waals surface area contributed by atoms with E-state index in [4.69, 9.17) is 9.15 Å². The average molecular weight is 469 g/mol. The number of thioether (sulfide) groups is 1. The van der Waals surface area contributed by atoms with Crippen molar-refractivity contribution in [2.75, 3.05) is 37.0 Å². The van der Waals surface area contributed by atoms with E-state index in [-0.39, 0.29) is 17.3 Å². The largest absolute Gasteiger partial charge is 0.438 e. The Bertz CT molecular complexity index is 865. The number of benzene rings is 1. The molecule has 1 amide bonds. The number of amides is 1. The number of hydrogen-bond donors (Lipinski definition) is 1. The Morgan fingerprint density at radius 3 is 2.75 bits per heavy atom. The summed E-state index contributed by atoms with van der Waals surface area (Å²) in [6, 6.07) is 7.80. The molecule has 0 unspecified atom stereocenters. The van der Waals surface area contributed by atoms with Gasteiger partial charge < -0.3 is 14.1 Å². The molecule has 0 atom stereocenters. The lowest BCUT2D eigenvalue weighted by Crippen LogP contribution is -2.36. The molecule has 1 aromatic heterocycles. The molecule has 1 aromatic carbocycles. The van der Waals surface area contributed by atoms with Gasteiger partial charge in [0.25, 0.3) is 5.69 Å². The molecule has 1 fully saturated rings. The monoisotopic (exact) mass is 468 g/mol. The van der Waals surface area contributed by atoms with Crippen molar-refractivity contribution in [1.29, 1.82) is 0 Å². The molecule has 2 aromatic rings. The molecule has 1 saturated heterocycles. The second-order valence-electron chi connectivity index (χ2n) is 5.73. The van der Waals surface area contributed by atoms with Crippen molar-refractivity contribution in [2.24, 2.45) is 5.10 Å². The molecule has 2 heterocycles. The number of carbonyl (C=O) groups excluding carboxylic acids is 1. The van der Waals surface area contributed by atoms with Crippen molar-refractivity contribution in [3.05, 3.63) is 50.7 Å². The number of nitrogens with zero attached hydrogens (tertiary/aromatic N) is 3. The summed E-state index contributed by atoms with van der Waals surface area (Å²) in [6.07, 6.45) is 1.43. The van der Waals surface area contributed by atoms with E-state index in [1.54, 1.807) is 18.2 Å². The van der Waals surface area contributed by atoms with Crippen molar-refractivity contribution >= 4 is 51.4 Å². The second-order valence-corrected chi connectivity index (χ2v) is 7.64. The molecule has 0 bridgehead atoms. The van der Waals surface area contributed by atoms with E-state index >= 15 is 0 Å². The van der Waals surface area contributed by atoms with Crippen LogP contribution in [0.5, 0.6) is 0 Å². The number of carbonyl (C=O) groups is 1. The zero-order valence-electron chi connectivity index (χ0n) is 14.7. The number of rotatable bonds is 7. The average Bonchev–Trinajstić information content (AvgIpc) is 3.08. The highest BCUT2D eigenvalue weighted by Crippen LogP contribution is 2.30. The number of hydrazone groups is 1. The lowest BCUT2D eigenvalue weighted by Gasteiger charge is -2.26. The SMILES string of the molecule is O=C(CSc1ccc([N+](=O)[O-])cc1)N/N=C\c1cc(Br)c(N2CCOCC2)o1. The Labute approximate surface area is 173 Å². The van der Waals surface area contributed by atoms with Crippen LogP contribution in [-0.2, 0) is 9.53 Å². The summed E-state index contributed by atoms with van der Waals surface area (Å²) in [4.78, 5) is 24.9. The predicted octanol–water partition coefficient (Wildman–Crippen LogP) is 3.03. The molecule has 148 valence electrons. The third kappa shape index (κ3) is 5.57. The molecule has 1 aliphatic rings. The van der Waals surface area contributed by atoms with Gasteiger partial charge in [-0.05, 0) is 28.1 Å². The molecular formula is C17H17BrN4O5S. The quantitative estimate of drug-likeness (QED) is 0.287. The van der Waals surface area contributed by atoms with E-state index in [0.29, 0.717) is 24.9 Å². The molecule has 3 rings (SSSR count). The third-order valence-corrected chi connectivity index (χ3v) is 5.36. The minimum atomic E-state index is -0.465. The molecule has 0 aliphatic carbocycles. The van der Waals surface area contributed by atoms with Crippen LogP contribution in [0.15, 0.2) is 49.2 Å². The summed E-state index contributed by atoms with van der Waals surface area (Å²) in [5, 5.41) is 14.5. The molecule has 0 radical (unpaired) electrons. The number of furan rings is 1. The standard InChI is InChI=1S/C17H17BrN4O5S/c18-15-9-13(27-17(15)21-5-7-26-8-6-21)10-19-20-16(23)11-28-14-3-1-12(2-4-14)22(24)25/h1-4,9-10H,5-8,11H2,(H,20,23)/b19-10-. The number of nitro benzene ring substituents is 1. The van der Waals surface area contributed by atoms with Crippen LogP contribution in [0.1, 0.15) is 5.76 Å². The van der Waals surface area contributed by atoms with E-state index in [1.165, 1.54) is 30.1 Å². The van der Waals surface area contributed by atoms with Crippen molar-refractivity contribution in [3.63, 3.8) is 0 Å². The van der Waals surface area contributed by atoms with Gasteiger partial charge >= 0.3 is 0 Å². The minimum absolute atomic E-state index is 0.0134. The highest BCUT2D eigenvalue weighted by molar-refractivity contribution is 9.10. The van der Waals surface area contributed by atoms with Crippen molar-refractivity contribution < 1.29 is 18.9 Å². The van der Waals surface area contributed by atoms with Crippen molar-refractivity contribution in [1.82, 2.24) is 5.43 Å². The summed E-state index contributed by atoms with van der Waals surface area (Å²) < 4.78 is 11.9. The first-order valence-corrected chi connectivity index (χ1v) is 10.1. The summed E-state index contributed by atoms with van der Waals surface area (Å²) in [5.41, 5.74) is 2.45. The van der Waals surface area contributed by atoms with Gasteiger partial charge in [0.1, 0.15) is 0 Å². The van der Waals surface area contributed by atoms with E-state index in [2.05, 4.69) is 31.4 Å². The number of hydrogen-bond acceptors (Lipinski definition) is 8. The smallest absolute Gasteiger partial charge is 0.269 e. The maximum absolute atomic E-state index is 11.9. The van der Waals surface area contributed by atoms with Crippen LogP contribution in [0.4, 0.5) is 11.6 Å². The van der Waals surface area contributed by atoms with Gasteiger partial charge in [-0.15, -0.1) is 11.8 Å².